The second-order valence-electron chi connectivity index (χ2n) is 16.1. The van der Waals surface area contributed by atoms with Gasteiger partial charge in [0.25, 0.3) is 17.1 Å². The van der Waals surface area contributed by atoms with Gasteiger partial charge < -0.3 is 39.1 Å². The van der Waals surface area contributed by atoms with E-state index in [1.165, 1.54) is 106 Å². The van der Waals surface area contributed by atoms with Gasteiger partial charge in [-0.15, -0.1) is 11.8 Å². The van der Waals surface area contributed by atoms with Crippen molar-refractivity contribution in [3.05, 3.63) is 130 Å². The molecular formula is C42H44N6O15S. The fourth-order valence-electron chi connectivity index (χ4n) is 8.87. The zero-order valence-electron chi connectivity index (χ0n) is 34.5. The van der Waals surface area contributed by atoms with E-state index in [0.717, 1.165) is 0 Å². The molecular weight excluding hydrogens is 861 g/mol. The Kier molecular flexibility index (Phi) is 13.5. The lowest BCUT2D eigenvalue weighted by Crippen LogP contribution is -2.63. The van der Waals surface area contributed by atoms with Gasteiger partial charge in [0.1, 0.15) is 25.5 Å². The molecule has 0 saturated carbocycles. The molecule has 21 nitrogen and oxygen atoms in total. The van der Waals surface area contributed by atoms with Gasteiger partial charge in [0.05, 0.1) is 32.8 Å². The summed E-state index contributed by atoms with van der Waals surface area (Å²) in [6.45, 7) is 2.59. The SMILES string of the molecule is C[C@@H](O)[C@H]1C(=O)N2C(C(=O)OCc3ccc([N+](=O)[O-])cc3)=C(S[C@H]3C[C@@H](C4CN(C(=O)OCc5ccc([N+](=O)[O-])cc5)CC4CO)N(C(=O)OCc4ccc([N+](=O)[O-])cc4)C3)[C@H](C)[C@H]12. The number of hydrogen-bond donors (Lipinski definition) is 2. The molecule has 2 unspecified atom stereocenters. The smallest absolute Gasteiger partial charge is 0.410 e. The maximum atomic E-state index is 14.0. The second kappa shape index (κ2) is 19.0. The molecule has 0 spiro atoms. The van der Waals surface area contributed by atoms with Crippen LogP contribution in [0.3, 0.4) is 0 Å². The Hall–Kier alpha value is -6.65. The summed E-state index contributed by atoms with van der Waals surface area (Å²) in [5.41, 5.74) is 1.06. The number of nitro groups is 3. The minimum atomic E-state index is -1.02. The molecule has 3 fully saturated rings. The zero-order chi connectivity index (χ0) is 46.0. The highest BCUT2D eigenvalue weighted by Crippen LogP contribution is 2.53. The number of amides is 3. The number of non-ortho nitro benzene ring substituents is 3. The molecule has 22 heteroatoms. The molecule has 0 aliphatic carbocycles. The summed E-state index contributed by atoms with van der Waals surface area (Å²) >= 11 is 1.28. The minimum absolute atomic E-state index is 0.00176. The van der Waals surface area contributed by atoms with Gasteiger partial charge in [-0.25, -0.2) is 14.4 Å². The Morgan fingerprint density at radius 1 is 0.766 bits per heavy atom. The number of esters is 1. The highest BCUT2D eigenvalue weighted by molar-refractivity contribution is 8.03. The van der Waals surface area contributed by atoms with E-state index in [4.69, 9.17) is 14.2 Å². The molecule has 64 heavy (non-hydrogen) atoms. The largest absolute Gasteiger partial charge is 0.456 e. The van der Waals surface area contributed by atoms with Gasteiger partial charge in [-0.05, 0) is 66.4 Å². The molecule has 4 aliphatic rings. The van der Waals surface area contributed by atoms with E-state index in [-0.39, 0.29) is 68.8 Å². The second-order valence-corrected chi connectivity index (χ2v) is 17.5. The number of β-lactam (4-membered cyclic amide) rings is 1. The van der Waals surface area contributed by atoms with Crippen molar-refractivity contribution in [3.63, 3.8) is 0 Å². The number of thioether (sulfide) groups is 1. The fourth-order valence-corrected chi connectivity index (χ4v) is 10.4. The third-order valence-corrected chi connectivity index (χ3v) is 13.6. The van der Waals surface area contributed by atoms with Crippen molar-refractivity contribution in [3.8, 4) is 0 Å². The lowest BCUT2D eigenvalue weighted by molar-refractivity contribution is -0.385. The molecule has 3 saturated heterocycles. The molecule has 3 aromatic carbocycles. The first-order valence-electron chi connectivity index (χ1n) is 20.3. The summed E-state index contributed by atoms with van der Waals surface area (Å²) in [6.07, 6.45) is -2.15. The van der Waals surface area contributed by atoms with Gasteiger partial charge in [-0.2, -0.15) is 0 Å². The number of likely N-dealkylation sites (tertiary alicyclic amines) is 2. The number of carbonyl (C=O) groups excluding carboxylic acids is 4. The summed E-state index contributed by atoms with van der Waals surface area (Å²) in [6, 6.07) is 15.3. The maximum Gasteiger partial charge on any atom is 0.410 e. The van der Waals surface area contributed by atoms with Crippen LogP contribution in [-0.2, 0) is 43.6 Å². The van der Waals surface area contributed by atoms with Gasteiger partial charge in [0.15, 0.2) is 0 Å². The van der Waals surface area contributed by atoms with Crippen LogP contribution in [-0.4, -0.2) is 113 Å². The van der Waals surface area contributed by atoms with E-state index in [2.05, 4.69) is 0 Å². The summed E-state index contributed by atoms with van der Waals surface area (Å²) in [5.74, 6) is -3.50. The van der Waals surface area contributed by atoms with E-state index in [0.29, 0.717) is 28.0 Å². The predicted octanol–water partition coefficient (Wildman–Crippen LogP) is 4.91. The topological polar surface area (TPSA) is 276 Å². The first kappa shape index (κ1) is 45.4. The van der Waals surface area contributed by atoms with Crippen LogP contribution in [0.25, 0.3) is 0 Å². The quantitative estimate of drug-likeness (QED) is 0.0674. The number of rotatable bonds is 15. The normalized spacial score (nSPS) is 24.2. The molecule has 0 bridgehead atoms. The molecule has 4 heterocycles. The van der Waals surface area contributed by atoms with E-state index < -0.39 is 85.9 Å². The first-order valence-corrected chi connectivity index (χ1v) is 21.2. The molecule has 3 aromatic rings. The van der Waals surface area contributed by atoms with E-state index >= 15 is 0 Å². The molecule has 7 rings (SSSR count). The van der Waals surface area contributed by atoms with E-state index in [1.807, 2.05) is 6.92 Å². The highest BCUT2D eigenvalue weighted by atomic mass is 32.2. The average Bonchev–Trinajstić information content (AvgIpc) is 3.97. The van der Waals surface area contributed by atoms with Crippen molar-refractivity contribution < 1.29 is 58.4 Å². The van der Waals surface area contributed by atoms with Crippen molar-refractivity contribution >= 4 is 52.9 Å². The minimum Gasteiger partial charge on any atom is -0.456 e. The number of nitrogens with zero attached hydrogens (tertiary/aromatic N) is 6. The van der Waals surface area contributed by atoms with Gasteiger partial charge in [0, 0.05) is 96.6 Å². The third-order valence-electron chi connectivity index (χ3n) is 12.1. The van der Waals surface area contributed by atoms with Crippen molar-refractivity contribution in [2.24, 2.45) is 23.7 Å². The lowest BCUT2D eigenvalue weighted by Gasteiger charge is -2.46. The lowest BCUT2D eigenvalue weighted by atomic mass is 9.79. The molecule has 0 aromatic heterocycles. The number of fused-ring (bicyclic) bond motifs is 1. The molecule has 338 valence electrons. The summed E-state index contributed by atoms with van der Waals surface area (Å²) < 4.78 is 17.0. The van der Waals surface area contributed by atoms with Gasteiger partial charge in [-0.3, -0.25) is 35.1 Å². The van der Waals surface area contributed by atoms with Crippen molar-refractivity contribution in [1.82, 2.24) is 14.7 Å². The van der Waals surface area contributed by atoms with Crippen LogP contribution in [0.2, 0.25) is 0 Å². The van der Waals surface area contributed by atoms with Crippen LogP contribution in [0.1, 0.15) is 37.0 Å². The van der Waals surface area contributed by atoms with Crippen LogP contribution in [0.5, 0.6) is 0 Å². The third kappa shape index (κ3) is 9.33. The zero-order valence-corrected chi connectivity index (χ0v) is 35.3. The van der Waals surface area contributed by atoms with E-state index in [9.17, 15) is 59.7 Å². The van der Waals surface area contributed by atoms with Crippen molar-refractivity contribution in [2.75, 3.05) is 26.2 Å². The summed E-state index contributed by atoms with van der Waals surface area (Å²) in [7, 11) is 0. The Morgan fingerprint density at radius 3 is 1.72 bits per heavy atom. The van der Waals surface area contributed by atoms with E-state index in [1.54, 1.807) is 0 Å². The number of aliphatic hydroxyl groups excluding tert-OH is 2. The highest BCUT2D eigenvalue weighted by Gasteiger charge is 2.61. The standard InChI is InChI=1S/C42H44N6O15S/c1-23-36-35(24(2)50)39(51)45(36)37(40(52)61-20-25-3-9-29(10-4-25)46(55)56)38(23)64-32-15-34(44(17-32)42(54)63-22-27-7-13-31(14-8-27)48(59)60)33-18-43(16-28(33)19-49)41(53)62-21-26-5-11-30(12-6-26)47(57)58/h3-14,23-24,28,32-36,49-50H,15-22H2,1-2H3/t23-,24-,28?,32+,33?,34+,35-,36-/m1/s1. The van der Waals surface area contributed by atoms with Crippen LogP contribution in [0, 0.1) is 54.0 Å². The maximum absolute atomic E-state index is 14.0. The fraction of sp³-hybridized carbons (Fsp3) is 0.429. The molecule has 8 atom stereocenters. The molecule has 2 N–H and O–H groups in total. The van der Waals surface area contributed by atoms with Crippen LogP contribution < -0.4 is 0 Å². The number of ether oxygens (including phenoxy) is 3. The number of nitro benzene ring substituents is 3. The number of aliphatic hydroxyl groups is 2. The molecule has 4 aliphatic heterocycles. The Morgan fingerprint density at radius 2 is 1.25 bits per heavy atom. The monoisotopic (exact) mass is 904 g/mol. The van der Waals surface area contributed by atoms with Gasteiger partial charge in [0.2, 0.25) is 5.91 Å². The number of hydrogen-bond acceptors (Lipinski definition) is 16. The Labute approximate surface area is 369 Å². The summed E-state index contributed by atoms with van der Waals surface area (Å²) in [4.78, 5) is 91.3. The van der Waals surface area contributed by atoms with Crippen LogP contribution in [0.15, 0.2) is 83.4 Å². The first-order chi connectivity index (χ1) is 30.6. The van der Waals surface area contributed by atoms with Gasteiger partial charge in [-0.1, -0.05) is 6.92 Å². The predicted molar refractivity (Wildman–Crippen MR) is 224 cm³/mol. The van der Waals surface area contributed by atoms with Gasteiger partial charge >= 0.3 is 18.2 Å². The number of carbonyl (C=O) groups is 4. The van der Waals surface area contributed by atoms with Crippen LogP contribution >= 0.6 is 11.8 Å². The average molecular weight is 905 g/mol. The van der Waals surface area contributed by atoms with Crippen molar-refractivity contribution in [2.45, 2.75) is 63.5 Å². The van der Waals surface area contributed by atoms with Crippen molar-refractivity contribution in [1.29, 1.82) is 0 Å². The number of benzene rings is 3. The molecule has 3 amide bonds. The Balaban J connectivity index is 1.12. The van der Waals surface area contributed by atoms with Crippen LogP contribution in [0.4, 0.5) is 26.7 Å². The molecule has 0 radical (unpaired) electrons. The summed E-state index contributed by atoms with van der Waals surface area (Å²) in [5, 5.41) is 54.1. The Bertz CT molecular complexity index is 2350.